The number of rotatable bonds is 8. The van der Waals surface area contributed by atoms with Crippen LogP contribution in [-0.4, -0.2) is 61.0 Å². The van der Waals surface area contributed by atoms with Crippen LogP contribution < -0.4 is 5.32 Å². The number of hydrogen-bond acceptors (Lipinski definition) is 4. The lowest BCUT2D eigenvalue weighted by atomic mass is 9.89. The van der Waals surface area contributed by atoms with Crippen molar-refractivity contribution >= 4 is 0 Å². The number of hydrogen-bond donors (Lipinski definition) is 2. The van der Waals surface area contributed by atoms with Gasteiger partial charge in [-0.25, -0.2) is 0 Å². The lowest BCUT2D eigenvalue weighted by Crippen LogP contribution is -2.41. The average Bonchev–Trinajstić information content (AvgIpc) is 2.93. The number of nitrogens with zero attached hydrogens (tertiary/aromatic N) is 1. The molecular formula is C17H34N2O2. The summed E-state index contributed by atoms with van der Waals surface area (Å²) in [5, 5.41) is 13.5. The fourth-order valence-electron chi connectivity index (χ4n) is 3.80. The largest absolute Gasteiger partial charge is 0.389 e. The topological polar surface area (TPSA) is 44.7 Å². The van der Waals surface area contributed by atoms with Gasteiger partial charge in [0, 0.05) is 19.1 Å². The monoisotopic (exact) mass is 298 g/mol. The Bertz CT molecular complexity index is 288. The van der Waals surface area contributed by atoms with Gasteiger partial charge >= 0.3 is 0 Å². The van der Waals surface area contributed by atoms with Crippen LogP contribution in [0.2, 0.25) is 0 Å². The molecule has 2 rings (SSSR count). The zero-order valence-corrected chi connectivity index (χ0v) is 13.9. The SMILES string of the molecule is CCN1CCCC1CNCC(O)COC1CCCC(C)C1. The van der Waals surface area contributed by atoms with Gasteiger partial charge in [-0.1, -0.05) is 26.7 Å². The normalized spacial score (nSPS) is 32.4. The maximum absolute atomic E-state index is 10.0. The molecule has 1 saturated heterocycles. The zero-order chi connectivity index (χ0) is 15.1. The van der Waals surface area contributed by atoms with Crippen molar-refractivity contribution in [1.29, 1.82) is 0 Å². The molecule has 0 aromatic heterocycles. The summed E-state index contributed by atoms with van der Waals surface area (Å²) >= 11 is 0. The highest BCUT2D eigenvalue weighted by molar-refractivity contribution is 4.80. The molecule has 1 heterocycles. The first-order valence-corrected chi connectivity index (χ1v) is 8.93. The minimum Gasteiger partial charge on any atom is -0.389 e. The molecule has 2 aliphatic rings. The first-order chi connectivity index (χ1) is 10.2. The highest BCUT2D eigenvalue weighted by Gasteiger charge is 2.23. The summed E-state index contributed by atoms with van der Waals surface area (Å²) in [7, 11) is 0. The Morgan fingerprint density at radius 3 is 2.90 bits per heavy atom. The van der Waals surface area contributed by atoms with E-state index in [9.17, 15) is 5.11 Å². The molecule has 1 saturated carbocycles. The molecule has 4 atom stereocenters. The van der Waals surface area contributed by atoms with Crippen molar-refractivity contribution in [3.63, 3.8) is 0 Å². The molecule has 0 spiro atoms. The van der Waals surface area contributed by atoms with Gasteiger partial charge in [0.2, 0.25) is 0 Å². The molecule has 0 bridgehead atoms. The number of likely N-dealkylation sites (N-methyl/N-ethyl adjacent to an activating group) is 1. The van der Waals surface area contributed by atoms with E-state index in [1.807, 2.05) is 0 Å². The van der Waals surface area contributed by atoms with Crippen molar-refractivity contribution in [1.82, 2.24) is 10.2 Å². The summed E-state index contributed by atoms with van der Waals surface area (Å²) in [6.45, 7) is 9.02. The van der Waals surface area contributed by atoms with Gasteiger partial charge in [0.25, 0.3) is 0 Å². The predicted octanol–water partition coefficient (Wildman–Crippen LogP) is 2.02. The van der Waals surface area contributed by atoms with Gasteiger partial charge in [0.05, 0.1) is 18.8 Å². The van der Waals surface area contributed by atoms with Crippen LogP contribution in [0.4, 0.5) is 0 Å². The summed E-state index contributed by atoms with van der Waals surface area (Å²) in [5.41, 5.74) is 0. The first-order valence-electron chi connectivity index (χ1n) is 8.93. The second kappa shape index (κ2) is 9.09. The summed E-state index contributed by atoms with van der Waals surface area (Å²) in [5.74, 6) is 0.779. The van der Waals surface area contributed by atoms with E-state index in [0.717, 1.165) is 31.8 Å². The van der Waals surface area contributed by atoms with Crippen LogP contribution >= 0.6 is 0 Å². The predicted molar refractivity (Wildman–Crippen MR) is 86.5 cm³/mol. The van der Waals surface area contributed by atoms with E-state index in [1.165, 1.54) is 32.2 Å². The maximum atomic E-state index is 10.0. The molecule has 0 aromatic carbocycles. The molecule has 4 nitrogen and oxygen atoms in total. The van der Waals surface area contributed by atoms with Crippen LogP contribution in [0.1, 0.15) is 52.4 Å². The van der Waals surface area contributed by atoms with Crippen molar-refractivity contribution in [3.05, 3.63) is 0 Å². The van der Waals surface area contributed by atoms with Crippen LogP contribution in [0, 0.1) is 5.92 Å². The van der Waals surface area contributed by atoms with E-state index in [2.05, 4.69) is 24.1 Å². The highest BCUT2D eigenvalue weighted by Crippen LogP contribution is 2.25. The van der Waals surface area contributed by atoms with Crippen molar-refractivity contribution in [2.45, 2.75) is 70.6 Å². The fraction of sp³-hybridized carbons (Fsp3) is 1.00. The fourth-order valence-corrected chi connectivity index (χ4v) is 3.80. The Kier molecular flexibility index (Phi) is 7.44. The van der Waals surface area contributed by atoms with Crippen LogP contribution in [0.5, 0.6) is 0 Å². The molecule has 1 aliphatic carbocycles. The van der Waals surface area contributed by atoms with Crippen LogP contribution in [0.25, 0.3) is 0 Å². The second-order valence-electron chi connectivity index (χ2n) is 6.96. The number of aliphatic hydroxyl groups is 1. The third kappa shape index (κ3) is 5.85. The number of ether oxygens (including phenoxy) is 1. The molecule has 4 heteroatoms. The number of aliphatic hydroxyl groups excluding tert-OH is 1. The van der Waals surface area contributed by atoms with E-state index in [-0.39, 0.29) is 6.10 Å². The molecule has 0 amide bonds. The van der Waals surface area contributed by atoms with Crippen molar-refractivity contribution in [2.24, 2.45) is 5.92 Å². The van der Waals surface area contributed by atoms with Crippen molar-refractivity contribution in [2.75, 3.05) is 32.8 Å². The molecule has 0 radical (unpaired) electrons. The molecule has 1 aliphatic heterocycles. The van der Waals surface area contributed by atoms with Crippen LogP contribution in [-0.2, 0) is 4.74 Å². The van der Waals surface area contributed by atoms with Gasteiger partial charge in [-0.2, -0.15) is 0 Å². The van der Waals surface area contributed by atoms with Gasteiger partial charge in [-0.05, 0) is 44.7 Å². The summed E-state index contributed by atoms with van der Waals surface area (Å²) < 4.78 is 5.88. The molecule has 0 aromatic rings. The lowest BCUT2D eigenvalue weighted by Gasteiger charge is -2.28. The Hall–Kier alpha value is -0.160. The Morgan fingerprint density at radius 2 is 2.14 bits per heavy atom. The standard InChI is InChI=1S/C17H34N2O2/c1-3-19-9-5-7-15(19)11-18-12-16(20)13-21-17-8-4-6-14(2)10-17/h14-18,20H,3-13H2,1-2H3. The van der Waals surface area contributed by atoms with E-state index in [0.29, 0.717) is 25.3 Å². The van der Waals surface area contributed by atoms with Crippen molar-refractivity contribution < 1.29 is 9.84 Å². The van der Waals surface area contributed by atoms with Gasteiger partial charge in [-0.3, -0.25) is 4.90 Å². The molecule has 21 heavy (non-hydrogen) atoms. The summed E-state index contributed by atoms with van der Waals surface area (Å²) in [4.78, 5) is 2.53. The lowest BCUT2D eigenvalue weighted by molar-refractivity contribution is -0.0308. The van der Waals surface area contributed by atoms with E-state index >= 15 is 0 Å². The van der Waals surface area contributed by atoms with Crippen molar-refractivity contribution in [3.8, 4) is 0 Å². The molecule has 4 unspecified atom stereocenters. The Morgan fingerprint density at radius 1 is 1.29 bits per heavy atom. The number of nitrogens with one attached hydrogen (secondary N) is 1. The average molecular weight is 298 g/mol. The van der Waals surface area contributed by atoms with E-state index < -0.39 is 0 Å². The molecular weight excluding hydrogens is 264 g/mol. The van der Waals surface area contributed by atoms with Crippen LogP contribution in [0.15, 0.2) is 0 Å². The smallest absolute Gasteiger partial charge is 0.0897 e. The summed E-state index contributed by atoms with van der Waals surface area (Å²) in [6.07, 6.45) is 7.52. The maximum Gasteiger partial charge on any atom is 0.0897 e. The molecule has 2 N–H and O–H groups in total. The van der Waals surface area contributed by atoms with E-state index in [1.54, 1.807) is 0 Å². The quantitative estimate of drug-likeness (QED) is 0.719. The molecule has 124 valence electrons. The van der Waals surface area contributed by atoms with Gasteiger partial charge in [-0.15, -0.1) is 0 Å². The Labute approximate surface area is 130 Å². The van der Waals surface area contributed by atoms with Crippen LogP contribution in [0.3, 0.4) is 0 Å². The van der Waals surface area contributed by atoms with E-state index in [4.69, 9.17) is 4.74 Å². The third-order valence-electron chi connectivity index (χ3n) is 5.08. The minimum absolute atomic E-state index is 0.369. The second-order valence-corrected chi connectivity index (χ2v) is 6.96. The van der Waals surface area contributed by atoms with Gasteiger partial charge in [0.1, 0.15) is 0 Å². The highest BCUT2D eigenvalue weighted by atomic mass is 16.5. The Balaban J connectivity index is 1.54. The minimum atomic E-state index is -0.376. The first kappa shape index (κ1) is 17.2. The number of likely N-dealkylation sites (tertiary alicyclic amines) is 1. The third-order valence-corrected chi connectivity index (χ3v) is 5.08. The van der Waals surface area contributed by atoms with Gasteiger partial charge < -0.3 is 15.2 Å². The molecule has 2 fully saturated rings. The van der Waals surface area contributed by atoms with Gasteiger partial charge in [0.15, 0.2) is 0 Å². The zero-order valence-electron chi connectivity index (χ0n) is 13.9. The summed E-state index contributed by atoms with van der Waals surface area (Å²) in [6, 6.07) is 0.655.